The summed E-state index contributed by atoms with van der Waals surface area (Å²) in [6.45, 7) is -2.47. The van der Waals surface area contributed by atoms with E-state index in [1.165, 1.54) is 11.3 Å². The van der Waals surface area contributed by atoms with Crippen molar-refractivity contribution in [3.63, 3.8) is 0 Å². The molecule has 1 aliphatic heterocycles. The van der Waals surface area contributed by atoms with Crippen molar-refractivity contribution in [2.24, 2.45) is 11.7 Å². The van der Waals surface area contributed by atoms with Crippen LogP contribution in [0.15, 0.2) is 18.2 Å². The van der Waals surface area contributed by atoms with Crippen molar-refractivity contribution in [3.05, 3.63) is 34.9 Å². The van der Waals surface area contributed by atoms with E-state index in [1.54, 1.807) is 6.07 Å². The van der Waals surface area contributed by atoms with Crippen molar-refractivity contribution in [1.82, 2.24) is 10.2 Å². The summed E-state index contributed by atoms with van der Waals surface area (Å²) in [5.74, 6) is -1.60. The zero-order chi connectivity index (χ0) is 26.5. The number of carboxylic acids is 1. The van der Waals surface area contributed by atoms with Crippen molar-refractivity contribution in [2.45, 2.75) is 108 Å². The number of carbonyl (C=O) groups is 3. The van der Waals surface area contributed by atoms with Gasteiger partial charge in [0.15, 0.2) is 0 Å². The summed E-state index contributed by atoms with van der Waals surface area (Å²) in [6, 6.07) is 5.51. The van der Waals surface area contributed by atoms with Gasteiger partial charge in [0.25, 0.3) is 5.91 Å². The van der Waals surface area contributed by atoms with Gasteiger partial charge >= 0.3 is 12.6 Å². The fourth-order valence-electron chi connectivity index (χ4n) is 6.28. The molecule has 0 saturated heterocycles. The van der Waals surface area contributed by atoms with Crippen molar-refractivity contribution in [2.75, 3.05) is 0 Å². The second-order valence-electron chi connectivity index (χ2n) is 10.7. The molecule has 2 saturated carbocycles. The minimum Gasteiger partial charge on any atom is -0.481 e. The first kappa shape index (κ1) is 27.4. The molecule has 10 heteroatoms. The molecule has 0 bridgehead atoms. The van der Waals surface area contributed by atoms with Gasteiger partial charge in [0, 0.05) is 30.6 Å². The number of nitrogens with one attached hydrogen (secondary N) is 1. The predicted molar refractivity (Wildman–Crippen MR) is 132 cm³/mol. The Bertz CT molecular complexity index is 983. The molecular formula is C27H37F2N3O5. The lowest BCUT2D eigenvalue weighted by atomic mass is 9.79. The number of primary amides is 1. The third-order valence-electron chi connectivity index (χ3n) is 8.16. The predicted octanol–water partition coefficient (Wildman–Crippen LogP) is 3.60. The number of carboxylic acid groups (broad SMARTS) is 1. The molecule has 8 nitrogen and oxygen atoms in total. The molecule has 1 aromatic carbocycles. The van der Waals surface area contributed by atoms with E-state index >= 15 is 0 Å². The van der Waals surface area contributed by atoms with Gasteiger partial charge in [0.1, 0.15) is 6.04 Å². The first-order chi connectivity index (χ1) is 17.7. The topological polar surface area (TPSA) is 122 Å². The highest BCUT2D eigenvalue weighted by atomic mass is 19.3. The number of rotatable bonds is 11. The zero-order valence-corrected chi connectivity index (χ0v) is 21.0. The molecule has 2 fully saturated rings. The van der Waals surface area contributed by atoms with Gasteiger partial charge in [0.05, 0.1) is 6.10 Å². The van der Waals surface area contributed by atoms with Crippen LogP contribution in [-0.4, -0.2) is 58.6 Å². The molecule has 4 N–H and O–H groups in total. The minimum atomic E-state index is -2.71. The van der Waals surface area contributed by atoms with Gasteiger partial charge in [-0.3, -0.25) is 14.4 Å². The third-order valence-corrected chi connectivity index (χ3v) is 8.16. The van der Waals surface area contributed by atoms with Gasteiger partial charge in [-0.2, -0.15) is 8.78 Å². The molecule has 2 aliphatic carbocycles. The van der Waals surface area contributed by atoms with E-state index in [9.17, 15) is 23.2 Å². The fraction of sp³-hybridized carbons (Fsp3) is 0.667. The Hall–Kier alpha value is -2.59. The number of carbonyl (C=O) groups excluding carboxylic acids is 2. The van der Waals surface area contributed by atoms with E-state index in [1.807, 2.05) is 12.1 Å². The SMILES string of the molecule is NC(=O)C(CCC(=O)O)N1Cc2cc(C[C@H]3CCCC[C@@H]3NC3CCC(OC(F)F)CC3)ccc2C1=O. The first-order valence-electron chi connectivity index (χ1n) is 13.3. The van der Waals surface area contributed by atoms with Crippen LogP contribution in [0.3, 0.4) is 0 Å². The molecule has 37 heavy (non-hydrogen) atoms. The molecule has 3 atom stereocenters. The summed E-state index contributed by atoms with van der Waals surface area (Å²) in [5.41, 5.74) is 8.00. The number of nitrogens with two attached hydrogens (primary N) is 1. The van der Waals surface area contributed by atoms with Crippen LogP contribution < -0.4 is 11.1 Å². The number of amides is 2. The van der Waals surface area contributed by atoms with Gasteiger partial charge in [0.2, 0.25) is 5.91 Å². The van der Waals surface area contributed by atoms with E-state index < -0.39 is 24.5 Å². The fourth-order valence-corrected chi connectivity index (χ4v) is 6.28. The Kier molecular flexibility index (Phi) is 9.13. The average molecular weight is 522 g/mol. The lowest BCUT2D eigenvalue weighted by Gasteiger charge is -2.38. The Labute approximate surface area is 215 Å². The van der Waals surface area contributed by atoms with Gasteiger partial charge in [-0.15, -0.1) is 0 Å². The van der Waals surface area contributed by atoms with Crippen LogP contribution in [-0.2, 0) is 27.3 Å². The van der Waals surface area contributed by atoms with Crippen LogP contribution in [0.4, 0.5) is 8.78 Å². The van der Waals surface area contributed by atoms with Crippen molar-refractivity contribution in [1.29, 1.82) is 0 Å². The Morgan fingerprint density at radius 1 is 1.14 bits per heavy atom. The van der Waals surface area contributed by atoms with Crippen LogP contribution in [0.25, 0.3) is 0 Å². The number of alkyl halides is 2. The molecule has 0 aromatic heterocycles. The van der Waals surface area contributed by atoms with Crippen LogP contribution in [0.2, 0.25) is 0 Å². The molecule has 3 aliphatic rings. The lowest BCUT2D eigenvalue weighted by molar-refractivity contribution is -0.170. The molecule has 4 rings (SSSR count). The number of aliphatic carboxylic acids is 1. The quantitative estimate of drug-likeness (QED) is 0.409. The first-order valence-corrected chi connectivity index (χ1v) is 13.3. The van der Waals surface area contributed by atoms with E-state index in [0.717, 1.165) is 49.7 Å². The third kappa shape index (κ3) is 7.04. The van der Waals surface area contributed by atoms with Gasteiger partial charge in [-0.05, 0) is 74.5 Å². The number of halogens is 2. The van der Waals surface area contributed by atoms with Crippen molar-refractivity contribution in [3.8, 4) is 0 Å². The Morgan fingerprint density at radius 2 is 1.86 bits per heavy atom. The minimum absolute atomic E-state index is 0.0111. The number of fused-ring (bicyclic) bond motifs is 1. The number of benzene rings is 1. The summed E-state index contributed by atoms with van der Waals surface area (Å²) in [6.07, 6.45) is 7.73. The van der Waals surface area contributed by atoms with E-state index in [-0.39, 0.29) is 31.4 Å². The monoisotopic (exact) mass is 521 g/mol. The zero-order valence-electron chi connectivity index (χ0n) is 21.0. The highest BCUT2D eigenvalue weighted by molar-refractivity contribution is 6.01. The van der Waals surface area contributed by atoms with Gasteiger partial charge in [-0.1, -0.05) is 25.0 Å². The summed E-state index contributed by atoms with van der Waals surface area (Å²) in [4.78, 5) is 37.3. The van der Waals surface area contributed by atoms with Crippen LogP contribution >= 0.6 is 0 Å². The van der Waals surface area contributed by atoms with Gasteiger partial charge < -0.3 is 25.8 Å². The molecule has 2 amide bonds. The van der Waals surface area contributed by atoms with Crippen molar-refractivity contribution < 1.29 is 33.0 Å². The number of ether oxygens (including phenoxy) is 1. The average Bonchev–Trinajstić information content (AvgIpc) is 3.16. The van der Waals surface area contributed by atoms with Gasteiger partial charge in [-0.25, -0.2) is 0 Å². The summed E-state index contributed by atoms with van der Waals surface area (Å²) >= 11 is 0. The summed E-state index contributed by atoms with van der Waals surface area (Å²) in [7, 11) is 0. The number of hydrogen-bond acceptors (Lipinski definition) is 5. The summed E-state index contributed by atoms with van der Waals surface area (Å²) < 4.78 is 29.7. The standard InChI is InChI=1S/C27H37F2N3O5/c28-27(29)37-20-8-6-19(7-9-20)31-22-4-2-1-3-17(22)13-16-5-10-21-18(14-16)15-32(26(21)36)23(25(30)35)11-12-24(33)34/h5,10,14,17,19-20,22-23,27,31H,1-4,6-9,11-13,15H2,(H2,30,35)(H,33,34)/t17-,19?,20?,22+,23?/m1/s1. The largest absolute Gasteiger partial charge is 0.481 e. The van der Waals surface area contributed by atoms with E-state index in [0.29, 0.717) is 36.4 Å². The summed E-state index contributed by atoms with van der Waals surface area (Å²) in [5, 5.41) is 12.8. The van der Waals surface area contributed by atoms with Crippen LogP contribution in [0.1, 0.15) is 85.7 Å². The Balaban J connectivity index is 1.37. The van der Waals surface area contributed by atoms with Crippen LogP contribution in [0, 0.1) is 5.92 Å². The molecule has 1 unspecified atom stereocenters. The number of nitrogens with zero attached hydrogens (tertiary/aromatic N) is 1. The molecule has 0 spiro atoms. The molecule has 1 heterocycles. The van der Waals surface area contributed by atoms with Crippen LogP contribution in [0.5, 0.6) is 0 Å². The lowest BCUT2D eigenvalue weighted by Crippen LogP contribution is -2.47. The second kappa shape index (κ2) is 12.3. The second-order valence-corrected chi connectivity index (χ2v) is 10.7. The highest BCUT2D eigenvalue weighted by Gasteiger charge is 2.36. The molecule has 1 aromatic rings. The normalized spacial score (nSPS) is 26.8. The maximum absolute atomic E-state index is 13.0. The highest BCUT2D eigenvalue weighted by Crippen LogP contribution is 2.33. The molecular weight excluding hydrogens is 484 g/mol. The molecule has 0 radical (unpaired) electrons. The van der Waals surface area contributed by atoms with E-state index in [4.69, 9.17) is 15.6 Å². The van der Waals surface area contributed by atoms with Crippen molar-refractivity contribution >= 4 is 17.8 Å². The Morgan fingerprint density at radius 3 is 2.54 bits per heavy atom. The maximum Gasteiger partial charge on any atom is 0.345 e. The van der Waals surface area contributed by atoms with E-state index in [2.05, 4.69) is 5.32 Å². The smallest absolute Gasteiger partial charge is 0.345 e. The maximum atomic E-state index is 13.0. The molecule has 204 valence electrons. The number of hydrogen-bond donors (Lipinski definition) is 3.